The molecule has 12 nitrogen and oxygen atoms in total. The standard InChI is InChI=1S/C24H19N5O7/c1-14(27-28-23(32)22(31)26-18-8-2-16(3-9-18)21(25)30)15-6-12-20(13-7-15)36-24(33)17-4-10-19(11-5-17)29(34)35/h2-13H,1H3,(H2,25,30)(H,26,31)(H,28,32). The molecule has 0 heterocycles. The number of esters is 1. The van der Waals surface area contributed by atoms with E-state index in [-0.39, 0.29) is 22.6 Å². The second-order valence-corrected chi connectivity index (χ2v) is 7.25. The zero-order valence-electron chi connectivity index (χ0n) is 18.8. The Morgan fingerprint density at radius 2 is 1.39 bits per heavy atom. The summed E-state index contributed by atoms with van der Waals surface area (Å²) in [4.78, 5) is 57.5. The third-order valence-electron chi connectivity index (χ3n) is 4.76. The average molecular weight is 489 g/mol. The predicted octanol–water partition coefficient (Wildman–Crippen LogP) is 2.39. The molecule has 0 aromatic heterocycles. The van der Waals surface area contributed by atoms with Gasteiger partial charge in [0.1, 0.15) is 5.75 Å². The van der Waals surface area contributed by atoms with Gasteiger partial charge < -0.3 is 15.8 Å². The molecule has 0 aliphatic carbocycles. The van der Waals surface area contributed by atoms with Crippen LogP contribution in [0.5, 0.6) is 5.75 Å². The van der Waals surface area contributed by atoms with E-state index in [1.165, 1.54) is 60.7 Å². The number of benzene rings is 3. The van der Waals surface area contributed by atoms with Gasteiger partial charge in [0.05, 0.1) is 16.2 Å². The number of nitrogens with zero attached hydrogens (tertiary/aromatic N) is 2. The normalized spacial score (nSPS) is 10.8. The maximum absolute atomic E-state index is 12.2. The van der Waals surface area contributed by atoms with Gasteiger partial charge in [-0.3, -0.25) is 24.5 Å². The number of ether oxygens (including phenoxy) is 1. The van der Waals surface area contributed by atoms with Crippen LogP contribution in [0, 0.1) is 10.1 Å². The van der Waals surface area contributed by atoms with Crippen molar-refractivity contribution < 1.29 is 28.8 Å². The van der Waals surface area contributed by atoms with Crippen molar-refractivity contribution in [1.82, 2.24) is 5.43 Å². The lowest BCUT2D eigenvalue weighted by atomic mass is 10.1. The van der Waals surface area contributed by atoms with Crippen LogP contribution in [0.15, 0.2) is 77.9 Å². The molecule has 0 saturated heterocycles. The number of primary amides is 1. The molecule has 0 unspecified atom stereocenters. The van der Waals surface area contributed by atoms with E-state index in [0.717, 1.165) is 0 Å². The molecule has 12 heteroatoms. The fraction of sp³-hybridized carbons (Fsp3) is 0.0417. The first-order chi connectivity index (χ1) is 17.1. The molecule has 182 valence electrons. The highest BCUT2D eigenvalue weighted by Gasteiger charge is 2.14. The minimum absolute atomic E-state index is 0.144. The third-order valence-corrected chi connectivity index (χ3v) is 4.76. The number of hydrogen-bond donors (Lipinski definition) is 3. The molecule has 0 bridgehead atoms. The molecule has 0 aliphatic heterocycles. The average Bonchev–Trinajstić information content (AvgIpc) is 2.87. The van der Waals surface area contributed by atoms with E-state index < -0.39 is 28.6 Å². The number of nitro groups is 1. The number of non-ortho nitro benzene ring substituents is 1. The summed E-state index contributed by atoms with van der Waals surface area (Å²) in [7, 11) is 0. The van der Waals surface area contributed by atoms with E-state index in [4.69, 9.17) is 10.5 Å². The molecular weight excluding hydrogens is 470 g/mol. The molecule has 4 N–H and O–H groups in total. The fourth-order valence-corrected chi connectivity index (χ4v) is 2.81. The first-order valence-electron chi connectivity index (χ1n) is 10.3. The van der Waals surface area contributed by atoms with Crippen LogP contribution in [0.2, 0.25) is 0 Å². The van der Waals surface area contributed by atoms with Crippen LogP contribution in [0.3, 0.4) is 0 Å². The van der Waals surface area contributed by atoms with Crippen LogP contribution in [0.1, 0.15) is 33.2 Å². The summed E-state index contributed by atoms with van der Waals surface area (Å²) < 4.78 is 5.25. The Kier molecular flexibility index (Phi) is 7.82. The minimum Gasteiger partial charge on any atom is -0.423 e. The number of carbonyl (C=O) groups is 4. The van der Waals surface area contributed by atoms with Crippen LogP contribution in [0.4, 0.5) is 11.4 Å². The summed E-state index contributed by atoms with van der Waals surface area (Å²) in [6, 6.07) is 16.8. The Morgan fingerprint density at radius 1 is 0.833 bits per heavy atom. The number of nitrogens with one attached hydrogen (secondary N) is 2. The van der Waals surface area contributed by atoms with Crippen molar-refractivity contribution >= 4 is 40.8 Å². The number of nitrogens with two attached hydrogens (primary N) is 1. The Labute approximate surface area is 203 Å². The second kappa shape index (κ2) is 11.2. The van der Waals surface area contributed by atoms with E-state index >= 15 is 0 Å². The van der Waals surface area contributed by atoms with Gasteiger partial charge in [-0.1, -0.05) is 0 Å². The number of rotatable bonds is 7. The fourth-order valence-electron chi connectivity index (χ4n) is 2.81. The van der Waals surface area contributed by atoms with E-state index in [2.05, 4.69) is 15.8 Å². The molecule has 36 heavy (non-hydrogen) atoms. The van der Waals surface area contributed by atoms with Gasteiger partial charge in [-0.15, -0.1) is 0 Å². The predicted molar refractivity (Wildman–Crippen MR) is 128 cm³/mol. The summed E-state index contributed by atoms with van der Waals surface area (Å²) in [5.74, 6) is -3.06. The maximum Gasteiger partial charge on any atom is 0.343 e. The smallest absolute Gasteiger partial charge is 0.343 e. The molecule has 0 aliphatic rings. The number of amides is 3. The maximum atomic E-state index is 12.2. The zero-order valence-corrected chi connectivity index (χ0v) is 18.8. The van der Waals surface area contributed by atoms with E-state index in [1.807, 2.05) is 0 Å². The van der Waals surface area contributed by atoms with Gasteiger partial charge >= 0.3 is 17.8 Å². The molecule has 0 atom stereocenters. The van der Waals surface area contributed by atoms with Gasteiger partial charge in [0.25, 0.3) is 5.69 Å². The van der Waals surface area contributed by atoms with Crippen molar-refractivity contribution in [1.29, 1.82) is 0 Å². The van der Waals surface area contributed by atoms with Crippen molar-refractivity contribution in [2.24, 2.45) is 10.8 Å². The van der Waals surface area contributed by atoms with Crippen LogP contribution in [-0.4, -0.2) is 34.3 Å². The Balaban J connectivity index is 1.55. The molecule has 0 fully saturated rings. The van der Waals surface area contributed by atoms with Crippen molar-refractivity contribution in [3.05, 3.63) is 99.6 Å². The van der Waals surface area contributed by atoms with E-state index in [1.54, 1.807) is 19.1 Å². The van der Waals surface area contributed by atoms with Gasteiger partial charge in [0.2, 0.25) is 5.91 Å². The SMILES string of the molecule is CC(=NNC(=O)C(=O)Nc1ccc(C(N)=O)cc1)c1ccc(OC(=O)c2ccc([N+](=O)[O-])cc2)cc1. The molecule has 3 aromatic rings. The number of carbonyl (C=O) groups excluding carboxylic acids is 4. The Morgan fingerprint density at radius 3 is 1.94 bits per heavy atom. The molecule has 3 amide bonds. The summed E-state index contributed by atoms with van der Waals surface area (Å²) in [6.45, 7) is 1.60. The highest BCUT2D eigenvalue weighted by molar-refractivity contribution is 6.39. The molecular formula is C24H19N5O7. The largest absolute Gasteiger partial charge is 0.423 e. The van der Waals surface area contributed by atoms with E-state index in [0.29, 0.717) is 17.0 Å². The van der Waals surface area contributed by atoms with Crippen molar-refractivity contribution in [2.75, 3.05) is 5.32 Å². The molecule has 0 saturated carbocycles. The molecule has 0 radical (unpaired) electrons. The number of anilines is 1. The highest BCUT2D eigenvalue weighted by atomic mass is 16.6. The van der Waals surface area contributed by atoms with Crippen molar-refractivity contribution in [3.63, 3.8) is 0 Å². The summed E-state index contributed by atoms with van der Waals surface area (Å²) >= 11 is 0. The third kappa shape index (κ3) is 6.57. The van der Waals surface area contributed by atoms with Crippen molar-refractivity contribution in [3.8, 4) is 5.75 Å². The van der Waals surface area contributed by atoms with Crippen molar-refractivity contribution in [2.45, 2.75) is 6.92 Å². The zero-order chi connectivity index (χ0) is 26.2. The summed E-state index contributed by atoms with van der Waals surface area (Å²) in [6.07, 6.45) is 0. The second-order valence-electron chi connectivity index (χ2n) is 7.25. The summed E-state index contributed by atoms with van der Waals surface area (Å²) in [5.41, 5.74) is 8.78. The quantitative estimate of drug-likeness (QED) is 0.114. The number of hydrogen-bond acceptors (Lipinski definition) is 8. The van der Waals surface area contributed by atoms with Gasteiger partial charge in [-0.05, 0) is 73.2 Å². The first-order valence-corrected chi connectivity index (χ1v) is 10.3. The van der Waals surface area contributed by atoms with Gasteiger partial charge in [-0.2, -0.15) is 5.10 Å². The summed E-state index contributed by atoms with van der Waals surface area (Å²) in [5, 5.41) is 17.0. The van der Waals surface area contributed by atoms with Crippen LogP contribution in [0.25, 0.3) is 0 Å². The first kappa shape index (κ1) is 25.2. The van der Waals surface area contributed by atoms with Gasteiger partial charge in [0, 0.05) is 23.4 Å². The van der Waals surface area contributed by atoms with Gasteiger partial charge in [-0.25, -0.2) is 10.2 Å². The monoisotopic (exact) mass is 489 g/mol. The lowest BCUT2D eigenvalue weighted by Gasteiger charge is -2.07. The number of nitro benzene ring substituents is 1. The molecule has 3 aromatic carbocycles. The lowest BCUT2D eigenvalue weighted by molar-refractivity contribution is -0.384. The Hall–Kier alpha value is -5.39. The van der Waals surface area contributed by atoms with Crippen LogP contribution >= 0.6 is 0 Å². The molecule has 0 spiro atoms. The lowest BCUT2D eigenvalue weighted by Crippen LogP contribution is -2.33. The Bertz CT molecular complexity index is 1350. The minimum atomic E-state index is -1.01. The molecule has 3 rings (SSSR count). The van der Waals surface area contributed by atoms with Crippen LogP contribution in [-0.2, 0) is 9.59 Å². The van der Waals surface area contributed by atoms with Gasteiger partial charge in [0.15, 0.2) is 0 Å². The van der Waals surface area contributed by atoms with Crippen LogP contribution < -0.4 is 21.2 Å². The highest BCUT2D eigenvalue weighted by Crippen LogP contribution is 2.17. The van der Waals surface area contributed by atoms with E-state index in [9.17, 15) is 29.3 Å². The number of hydrazone groups is 1. The topological polar surface area (TPSA) is 183 Å².